The number of hydrogen-bond donors (Lipinski definition) is 0. The smallest absolute Gasteiger partial charge is 0.00262 e. The van der Waals surface area contributed by atoms with Gasteiger partial charge in [0.15, 0.2) is 0 Å². The van der Waals surface area contributed by atoms with Crippen molar-refractivity contribution in [2.75, 3.05) is 0 Å². The summed E-state index contributed by atoms with van der Waals surface area (Å²) in [6, 6.07) is 22.3. The van der Waals surface area contributed by atoms with E-state index in [2.05, 4.69) is 121 Å². The first-order chi connectivity index (χ1) is 13.6. The molecule has 0 N–H and O–H groups in total. The first-order valence-corrected chi connectivity index (χ1v) is 13.4. The van der Waals surface area contributed by atoms with Gasteiger partial charge >= 0.3 is 0 Å². The molecular weight excluding hydrogens is 386 g/mol. The maximum Gasteiger partial charge on any atom is 0.00262 e. The summed E-state index contributed by atoms with van der Waals surface area (Å²) in [4.78, 5) is 0. The third-order valence-corrected chi connectivity index (χ3v) is 12.1. The maximum absolute atomic E-state index is 2.50. The highest BCUT2D eigenvalue weighted by Gasteiger charge is 2.40. The monoisotopic (exact) mass is 422 g/mol. The van der Waals surface area contributed by atoms with Crippen molar-refractivity contribution in [2.24, 2.45) is 0 Å². The van der Waals surface area contributed by atoms with Crippen LogP contribution in [-0.2, 0) is 0 Å². The van der Waals surface area contributed by atoms with Crippen molar-refractivity contribution in [3.8, 4) is 0 Å². The molecule has 0 saturated carbocycles. The van der Waals surface area contributed by atoms with Crippen molar-refractivity contribution in [1.82, 2.24) is 0 Å². The zero-order chi connectivity index (χ0) is 21.2. The second kappa shape index (κ2) is 8.88. The van der Waals surface area contributed by atoms with Crippen molar-refractivity contribution in [1.29, 1.82) is 0 Å². The fourth-order valence-electron chi connectivity index (χ4n) is 5.03. The van der Waals surface area contributed by atoms with Crippen LogP contribution in [0.4, 0.5) is 0 Å². The highest BCUT2D eigenvalue weighted by atomic mass is 31.1. The molecule has 1 atom stereocenters. The SMILES string of the molecule is C[C@@H](C1=C(P(c2ccccc2)c2ccccc2)CC=C1)P(C(C)(C)C)C(C)(C)C. The molecule has 0 bridgehead atoms. The zero-order valence-electron chi connectivity index (χ0n) is 19.1. The number of benzene rings is 2. The molecule has 0 aromatic heterocycles. The number of allylic oxidation sites excluding steroid dienone is 4. The Kier molecular flexibility index (Phi) is 6.88. The molecule has 0 saturated heterocycles. The van der Waals surface area contributed by atoms with Gasteiger partial charge in [-0.3, -0.25) is 0 Å². The van der Waals surface area contributed by atoms with Crippen molar-refractivity contribution >= 4 is 26.5 Å². The van der Waals surface area contributed by atoms with E-state index in [0.717, 1.165) is 6.42 Å². The molecule has 0 nitrogen and oxygen atoms in total. The minimum atomic E-state index is -0.493. The van der Waals surface area contributed by atoms with Crippen molar-refractivity contribution in [3.63, 3.8) is 0 Å². The van der Waals surface area contributed by atoms with Gasteiger partial charge in [-0.15, -0.1) is 0 Å². The molecule has 0 aliphatic heterocycles. The normalized spacial score (nSPS) is 16.2. The topological polar surface area (TPSA) is 0 Å². The summed E-state index contributed by atoms with van der Waals surface area (Å²) in [6.45, 7) is 17.1. The Morgan fingerprint density at radius 1 is 0.724 bits per heavy atom. The molecule has 1 aliphatic carbocycles. The van der Waals surface area contributed by atoms with E-state index in [-0.39, 0.29) is 7.92 Å². The molecule has 0 fully saturated rings. The average Bonchev–Trinajstić information content (AvgIpc) is 3.11. The summed E-state index contributed by atoms with van der Waals surface area (Å²) in [5.74, 6) is 0. The summed E-state index contributed by atoms with van der Waals surface area (Å²) < 4.78 is 0. The van der Waals surface area contributed by atoms with Crippen LogP contribution in [0.15, 0.2) is 83.7 Å². The van der Waals surface area contributed by atoms with E-state index in [0.29, 0.717) is 16.0 Å². The first-order valence-electron chi connectivity index (χ1n) is 10.7. The van der Waals surface area contributed by atoms with Gasteiger partial charge in [-0.05, 0) is 46.2 Å². The molecule has 0 spiro atoms. The molecule has 2 heteroatoms. The summed E-state index contributed by atoms with van der Waals surface area (Å²) in [5.41, 5.74) is 2.20. The Morgan fingerprint density at radius 2 is 1.17 bits per heavy atom. The molecule has 0 heterocycles. The molecule has 154 valence electrons. The average molecular weight is 423 g/mol. The van der Waals surface area contributed by atoms with E-state index in [1.54, 1.807) is 10.9 Å². The fraction of sp³-hybridized carbons (Fsp3) is 0.407. The summed E-state index contributed by atoms with van der Waals surface area (Å²) >= 11 is 0. The second-order valence-corrected chi connectivity index (χ2v) is 16.3. The largest absolute Gasteiger partial charge is 0.0882 e. The molecule has 0 radical (unpaired) electrons. The lowest BCUT2D eigenvalue weighted by Crippen LogP contribution is -2.31. The van der Waals surface area contributed by atoms with Crippen molar-refractivity contribution in [2.45, 2.75) is 70.9 Å². The molecular formula is C27H36P2. The van der Waals surface area contributed by atoms with Gasteiger partial charge in [0.05, 0.1) is 0 Å². The standard InChI is InChI=1S/C27H36P2/c1-21(29(26(2,3)4)27(5,6)7)24-19-14-20-25(24)28(22-15-10-8-11-16-22)23-17-12-9-13-18-23/h8-19,21H,20H2,1-7H3/t21-/m0/s1. The van der Waals surface area contributed by atoms with E-state index in [9.17, 15) is 0 Å². The van der Waals surface area contributed by atoms with Crippen LogP contribution in [-0.4, -0.2) is 16.0 Å². The Labute approximate surface area is 181 Å². The van der Waals surface area contributed by atoms with E-state index < -0.39 is 7.92 Å². The lowest BCUT2D eigenvalue weighted by atomic mass is 10.2. The van der Waals surface area contributed by atoms with Gasteiger partial charge in [0.2, 0.25) is 0 Å². The van der Waals surface area contributed by atoms with Crippen LogP contribution in [0.1, 0.15) is 54.9 Å². The van der Waals surface area contributed by atoms with Gasteiger partial charge in [-0.25, -0.2) is 0 Å². The van der Waals surface area contributed by atoms with E-state index in [4.69, 9.17) is 0 Å². The lowest BCUT2D eigenvalue weighted by Gasteiger charge is -2.46. The van der Waals surface area contributed by atoms with Crippen LogP contribution in [0.2, 0.25) is 0 Å². The third kappa shape index (κ3) is 5.10. The van der Waals surface area contributed by atoms with Gasteiger partial charge in [0, 0.05) is 5.66 Å². The number of rotatable bonds is 5. The Morgan fingerprint density at radius 3 is 1.59 bits per heavy atom. The minimum Gasteiger partial charge on any atom is -0.0882 e. The van der Waals surface area contributed by atoms with Gasteiger partial charge in [-0.1, -0.05) is 129 Å². The highest BCUT2D eigenvalue weighted by molar-refractivity contribution is 7.76. The summed E-state index contributed by atoms with van der Waals surface area (Å²) in [6.07, 6.45) is 5.95. The van der Waals surface area contributed by atoms with E-state index in [1.165, 1.54) is 10.6 Å². The van der Waals surface area contributed by atoms with Gasteiger partial charge < -0.3 is 0 Å². The van der Waals surface area contributed by atoms with E-state index >= 15 is 0 Å². The third-order valence-electron chi connectivity index (χ3n) is 5.52. The number of hydrogen-bond acceptors (Lipinski definition) is 0. The van der Waals surface area contributed by atoms with Crippen molar-refractivity contribution < 1.29 is 0 Å². The molecule has 0 unspecified atom stereocenters. The van der Waals surface area contributed by atoms with Crippen LogP contribution in [0, 0.1) is 0 Å². The minimum absolute atomic E-state index is 0.203. The van der Waals surface area contributed by atoms with Gasteiger partial charge in [0.25, 0.3) is 0 Å². The van der Waals surface area contributed by atoms with E-state index in [1.807, 2.05) is 0 Å². The fourth-order valence-corrected chi connectivity index (χ4v) is 12.7. The molecule has 0 amide bonds. The molecule has 29 heavy (non-hydrogen) atoms. The van der Waals surface area contributed by atoms with Crippen LogP contribution < -0.4 is 10.6 Å². The Hall–Kier alpha value is -1.22. The first kappa shape index (κ1) is 22.5. The Bertz CT molecular complexity index is 811. The van der Waals surface area contributed by atoms with Crippen LogP contribution >= 0.6 is 15.8 Å². The van der Waals surface area contributed by atoms with Crippen molar-refractivity contribution in [3.05, 3.63) is 83.7 Å². The van der Waals surface area contributed by atoms with Gasteiger partial charge in [-0.2, -0.15) is 0 Å². The quantitative estimate of drug-likeness (QED) is 0.431. The van der Waals surface area contributed by atoms with Crippen LogP contribution in [0.5, 0.6) is 0 Å². The van der Waals surface area contributed by atoms with Crippen LogP contribution in [0.25, 0.3) is 0 Å². The predicted molar refractivity (Wildman–Crippen MR) is 136 cm³/mol. The molecule has 2 aromatic carbocycles. The molecule has 2 aromatic rings. The molecule has 1 aliphatic rings. The predicted octanol–water partition coefficient (Wildman–Crippen LogP) is 7.80. The molecule has 3 rings (SSSR count). The lowest BCUT2D eigenvalue weighted by molar-refractivity contribution is 0.695. The summed E-state index contributed by atoms with van der Waals surface area (Å²) in [7, 11) is -0.696. The van der Waals surface area contributed by atoms with Gasteiger partial charge in [0.1, 0.15) is 0 Å². The Balaban J connectivity index is 2.13. The van der Waals surface area contributed by atoms with Crippen LogP contribution in [0.3, 0.4) is 0 Å². The second-order valence-electron chi connectivity index (χ2n) is 9.90. The zero-order valence-corrected chi connectivity index (χ0v) is 20.9. The maximum atomic E-state index is 2.50. The highest BCUT2D eigenvalue weighted by Crippen LogP contribution is 2.65. The summed E-state index contributed by atoms with van der Waals surface area (Å²) in [5, 5.41) is 5.24.